The quantitative estimate of drug-likeness (QED) is 0.535. The first-order valence-corrected chi connectivity index (χ1v) is 9.90. The van der Waals surface area contributed by atoms with Gasteiger partial charge in [0.15, 0.2) is 0 Å². The molecule has 0 fully saturated rings. The summed E-state index contributed by atoms with van der Waals surface area (Å²) in [6, 6.07) is 26.3. The highest BCUT2D eigenvalue weighted by Gasteiger charge is 2.39. The number of nitrogens with two attached hydrogens (primary N) is 1. The molecule has 4 heteroatoms. The van der Waals surface area contributed by atoms with E-state index in [1.165, 1.54) is 0 Å². The molecule has 0 aromatic heterocycles. The topological polar surface area (TPSA) is 53.7 Å². The van der Waals surface area contributed by atoms with Crippen LogP contribution >= 0.6 is 0 Å². The first-order valence-electron chi connectivity index (χ1n) is 9.90. The van der Waals surface area contributed by atoms with Crippen molar-refractivity contribution in [2.24, 2.45) is 5.73 Å². The molecule has 1 atom stereocenters. The predicted octanol–water partition coefficient (Wildman–Crippen LogP) is 4.75. The first kappa shape index (κ1) is 20.9. The molecule has 3 rings (SSSR count). The van der Waals surface area contributed by atoms with Crippen molar-refractivity contribution in [3.05, 3.63) is 95.6 Å². The van der Waals surface area contributed by atoms with Gasteiger partial charge in [-0.15, -0.1) is 0 Å². The van der Waals surface area contributed by atoms with Gasteiger partial charge in [0.05, 0.1) is 20.3 Å². The number of hydrogen-bond acceptors (Lipinski definition) is 4. The molecule has 152 valence electrons. The molecule has 0 spiro atoms. The highest BCUT2D eigenvalue weighted by molar-refractivity contribution is 5.49. The van der Waals surface area contributed by atoms with E-state index >= 15 is 0 Å². The van der Waals surface area contributed by atoms with Gasteiger partial charge in [0.1, 0.15) is 17.1 Å². The molecule has 3 aromatic rings. The molecule has 0 bridgehead atoms. The van der Waals surface area contributed by atoms with Gasteiger partial charge in [-0.2, -0.15) is 0 Å². The van der Waals surface area contributed by atoms with Crippen molar-refractivity contribution in [1.29, 1.82) is 0 Å². The summed E-state index contributed by atoms with van der Waals surface area (Å²) in [6.45, 7) is 2.53. The van der Waals surface area contributed by atoms with Crippen molar-refractivity contribution < 1.29 is 14.2 Å². The summed E-state index contributed by atoms with van der Waals surface area (Å²) in [4.78, 5) is 0. The Balaban J connectivity index is 2.27. The Morgan fingerprint density at radius 1 is 0.724 bits per heavy atom. The minimum absolute atomic E-state index is 0.0978. The molecule has 4 nitrogen and oxygen atoms in total. The standard InChI is InChI=1S/C25H29NO3/c1-4-22(18-26)29-25(19-8-6-5-7-9-19,20-10-14-23(27-2)15-11-20)21-12-16-24(28-3)17-13-21/h5-17,22H,4,18,26H2,1-3H3. The van der Waals surface area contributed by atoms with Crippen LogP contribution in [0.4, 0.5) is 0 Å². The van der Waals surface area contributed by atoms with E-state index in [-0.39, 0.29) is 6.10 Å². The third kappa shape index (κ3) is 4.29. The predicted molar refractivity (Wildman–Crippen MR) is 117 cm³/mol. The fourth-order valence-corrected chi connectivity index (χ4v) is 3.58. The van der Waals surface area contributed by atoms with Crippen molar-refractivity contribution in [3.63, 3.8) is 0 Å². The third-order valence-electron chi connectivity index (χ3n) is 5.24. The summed E-state index contributed by atoms with van der Waals surface area (Å²) in [6.07, 6.45) is 0.719. The summed E-state index contributed by atoms with van der Waals surface area (Å²) in [7, 11) is 3.34. The molecule has 0 aliphatic carbocycles. The fourth-order valence-electron chi connectivity index (χ4n) is 3.58. The van der Waals surface area contributed by atoms with Crippen LogP contribution in [0.25, 0.3) is 0 Å². The Morgan fingerprint density at radius 2 is 1.17 bits per heavy atom. The van der Waals surface area contributed by atoms with Crippen molar-refractivity contribution in [1.82, 2.24) is 0 Å². The van der Waals surface area contributed by atoms with Gasteiger partial charge in [-0.3, -0.25) is 0 Å². The SMILES string of the molecule is CCC(CN)OC(c1ccccc1)(c1ccc(OC)cc1)c1ccc(OC)cc1. The molecule has 0 saturated carbocycles. The van der Waals surface area contributed by atoms with Gasteiger partial charge in [0.25, 0.3) is 0 Å². The summed E-state index contributed by atoms with van der Waals surface area (Å²) in [5.74, 6) is 1.60. The molecular formula is C25H29NO3. The lowest BCUT2D eigenvalue weighted by atomic mass is 9.79. The smallest absolute Gasteiger partial charge is 0.144 e. The van der Waals surface area contributed by atoms with E-state index in [9.17, 15) is 0 Å². The number of ether oxygens (including phenoxy) is 3. The largest absolute Gasteiger partial charge is 0.497 e. The number of rotatable bonds is 9. The Kier molecular flexibility index (Phi) is 6.91. The van der Waals surface area contributed by atoms with Gasteiger partial charge in [-0.05, 0) is 47.4 Å². The van der Waals surface area contributed by atoms with Gasteiger partial charge in [0.2, 0.25) is 0 Å². The summed E-state index contributed by atoms with van der Waals surface area (Å²) in [5.41, 5.74) is 8.32. The van der Waals surface area contributed by atoms with Gasteiger partial charge in [-0.25, -0.2) is 0 Å². The maximum atomic E-state index is 6.84. The zero-order valence-corrected chi connectivity index (χ0v) is 17.3. The van der Waals surface area contributed by atoms with Gasteiger partial charge < -0.3 is 19.9 Å². The Hall–Kier alpha value is -2.82. The molecule has 29 heavy (non-hydrogen) atoms. The van der Waals surface area contributed by atoms with Crippen LogP contribution in [-0.4, -0.2) is 26.9 Å². The molecular weight excluding hydrogens is 362 g/mol. The molecule has 0 saturated heterocycles. The normalized spacial score (nSPS) is 12.4. The minimum Gasteiger partial charge on any atom is -0.497 e. The van der Waals surface area contributed by atoms with Crippen molar-refractivity contribution >= 4 is 0 Å². The van der Waals surface area contributed by atoms with Crippen LogP contribution in [0.5, 0.6) is 11.5 Å². The summed E-state index contributed by atoms with van der Waals surface area (Å²) < 4.78 is 17.6. The van der Waals surface area contributed by atoms with Crippen LogP contribution in [0.3, 0.4) is 0 Å². The molecule has 1 unspecified atom stereocenters. The van der Waals surface area contributed by atoms with Crippen LogP contribution in [0, 0.1) is 0 Å². The Labute approximate surface area is 173 Å². The molecule has 2 N–H and O–H groups in total. The zero-order valence-electron chi connectivity index (χ0n) is 17.3. The first-order chi connectivity index (χ1) is 14.2. The van der Waals surface area contributed by atoms with Crippen LogP contribution in [-0.2, 0) is 10.3 Å². The molecule has 3 aromatic carbocycles. The lowest BCUT2D eigenvalue weighted by Gasteiger charge is -2.38. The van der Waals surface area contributed by atoms with E-state index in [2.05, 4.69) is 43.3 Å². The molecule has 0 heterocycles. The van der Waals surface area contributed by atoms with Gasteiger partial charge >= 0.3 is 0 Å². The monoisotopic (exact) mass is 391 g/mol. The summed E-state index contributed by atoms with van der Waals surface area (Å²) >= 11 is 0. The lowest BCUT2D eigenvalue weighted by Crippen LogP contribution is -2.39. The van der Waals surface area contributed by atoms with Crippen LogP contribution < -0.4 is 15.2 Å². The average Bonchev–Trinajstić information content (AvgIpc) is 2.81. The zero-order chi connectivity index (χ0) is 20.7. The van der Waals surface area contributed by atoms with E-state index in [4.69, 9.17) is 19.9 Å². The van der Waals surface area contributed by atoms with Crippen LogP contribution in [0.2, 0.25) is 0 Å². The summed E-state index contributed by atoms with van der Waals surface area (Å²) in [5, 5.41) is 0. The van der Waals surface area contributed by atoms with Gasteiger partial charge in [0, 0.05) is 6.54 Å². The Morgan fingerprint density at radius 3 is 1.55 bits per heavy atom. The maximum absolute atomic E-state index is 6.84. The average molecular weight is 392 g/mol. The van der Waals surface area contributed by atoms with E-state index < -0.39 is 5.60 Å². The second-order valence-corrected chi connectivity index (χ2v) is 6.89. The second-order valence-electron chi connectivity index (χ2n) is 6.89. The minimum atomic E-state index is -0.806. The van der Waals surface area contributed by atoms with Gasteiger partial charge in [-0.1, -0.05) is 61.5 Å². The molecule has 0 aliphatic rings. The van der Waals surface area contributed by atoms with Crippen molar-refractivity contribution in [2.45, 2.75) is 25.0 Å². The maximum Gasteiger partial charge on any atom is 0.144 e. The fraction of sp³-hybridized carbons (Fsp3) is 0.280. The van der Waals surface area contributed by atoms with Crippen molar-refractivity contribution in [3.8, 4) is 11.5 Å². The van der Waals surface area contributed by atoms with E-state index in [1.54, 1.807) is 14.2 Å². The van der Waals surface area contributed by atoms with Crippen LogP contribution in [0.1, 0.15) is 30.0 Å². The lowest BCUT2D eigenvalue weighted by molar-refractivity contribution is -0.0442. The van der Waals surface area contributed by atoms with Crippen molar-refractivity contribution in [2.75, 3.05) is 20.8 Å². The third-order valence-corrected chi connectivity index (χ3v) is 5.24. The highest BCUT2D eigenvalue weighted by atomic mass is 16.5. The van der Waals surface area contributed by atoms with E-state index in [0.717, 1.165) is 34.6 Å². The van der Waals surface area contributed by atoms with Crippen LogP contribution in [0.15, 0.2) is 78.9 Å². The molecule has 0 amide bonds. The molecule has 0 radical (unpaired) electrons. The number of benzene rings is 3. The second kappa shape index (κ2) is 9.59. The highest BCUT2D eigenvalue weighted by Crippen LogP contribution is 2.42. The van der Waals surface area contributed by atoms with E-state index in [1.807, 2.05) is 42.5 Å². The Bertz CT molecular complexity index is 825. The number of methoxy groups -OCH3 is 2. The number of hydrogen-bond donors (Lipinski definition) is 1. The molecule has 0 aliphatic heterocycles. The van der Waals surface area contributed by atoms with E-state index in [0.29, 0.717) is 6.54 Å².